The van der Waals surface area contributed by atoms with Crippen molar-refractivity contribution in [2.24, 2.45) is 14.1 Å². The molecule has 0 saturated heterocycles. The van der Waals surface area contributed by atoms with Crippen molar-refractivity contribution >= 4 is 40.1 Å². The second-order valence-corrected chi connectivity index (χ2v) is 7.10. The van der Waals surface area contributed by atoms with Gasteiger partial charge < -0.3 is 10.6 Å². The first-order valence-corrected chi connectivity index (χ1v) is 9.12. The SMILES string of the molecule is CC(=O)NC(CC(=O)Nc1ccc2c(c1)n(C)c(=O)n2C)c1ccc(Cl)cc1. The van der Waals surface area contributed by atoms with Crippen LogP contribution in [-0.2, 0) is 23.7 Å². The van der Waals surface area contributed by atoms with E-state index in [-0.39, 0.29) is 23.9 Å². The molecular weight excluding hydrogens is 380 g/mol. The third-order valence-electron chi connectivity index (χ3n) is 4.60. The summed E-state index contributed by atoms with van der Waals surface area (Å²) in [5.74, 6) is -0.484. The van der Waals surface area contributed by atoms with Crippen LogP contribution < -0.4 is 16.3 Å². The van der Waals surface area contributed by atoms with Gasteiger partial charge in [-0.15, -0.1) is 0 Å². The van der Waals surface area contributed by atoms with Crippen LogP contribution in [0.1, 0.15) is 24.9 Å². The summed E-state index contributed by atoms with van der Waals surface area (Å²) >= 11 is 5.92. The van der Waals surface area contributed by atoms with Crippen molar-refractivity contribution in [3.8, 4) is 0 Å². The molecule has 0 bridgehead atoms. The van der Waals surface area contributed by atoms with Gasteiger partial charge in [0.1, 0.15) is 0 Å². The molecule has 1 aromatic heterocycles. The van der Waals surface area contributed by atoms with Crippen LogP contribution in [0.15, 0.2) is 47.3 Å². The highest BCUT2D eigenvalue weighted by molar-refractivity contribution is 6.30. The zero-order chi connectivity index (χ0) is 20.4. The molecule has 1 heterocycles. The number of halogens is 1. The van der Waals surface area contributed by atoms with Gasteiger partial charge in [-0.25, -0.2) is 4.79 Å². The first-order chi connectivity index (χ1) is 13.3. The summed E-state index contributed by atoms with van der Waals surface area (Å²) in [6.45, 7) is 1.41. The molecule has 28 heavy (non-hydrogen) atoms. The summed E-state index contributed by atoms with van der Waals surface area (Å²) < 4.78 is 3.08. The summed E-state index contributed by atoms with van der Waals surface area (Å²) in [4.78, 5) is 36.2. The maximum Gasteiger partial charge on any atom is 0.328 e. The smallest absolute Gasteiger partial charge is 0.328 e. The molecule has 7 nitrogen and oxygen atoms in total. The van der Waals surface area contributed by atoms with Crippen molar-refractivity contribution < 1.29 is 9.59 Å². The van der Waals surface area contributed by atoms with Gasteiger partial charge in [0.15, 0.2) is 0 Å². The lowest BCUT2D eigenvalue weighted by Gasteiger charge is -2.18. The second-order valence-electron chi connectivity index (χ2n) is 6.66. The van der Waals surface area contributed by atoms with Crippen molar-refractivity contribution in [2.75, 3.05) is 5.32 Å². The molecule has 2 amide bonds. The molecule has 0 saturated carbocycles. The molecule has 1 unspecified atom stereocenters. The van der Waals surface area contributed by atoms with Crippen LogP contribution in [-0.4, -0.2) is 20.9 Å². The van der Waals surface area contributed by atoms with Gasteiger partial charge in [-0.05, 0) is 35.9 Å². The molecule has 0 spiro atoms. The predicted molar refractivity (Wildman–Crippen MR) is 109 cm³/mol. The van der Waals surface area contributed by atoms with E-state index in [2.05, 4.69) is 10.6 Å². The van der Waals surface area contributed by atoms with Crippen LogP contribution >= 0.6 is 11.6 Å². The Morgan fingerprint density at radius 2 is 1.68 bits per heavy atom. The normalized spacial score (nSPS) is 12.0. The molecule has 2 N–H and O–H groups in total. The predicted octanol–water partition coefficient (Wildman–Crippen LogP) is 2.74. The first kappa shape index (κ1) is 19.7. The fourth-order valence-corrected chi connectivity index (χ4v) is 3.30. The summed E-state index contributed by atoms with van der Waals surface area (Å²) in [5, 5.41) is 6.20. The number of nitrogens with one attached hydrogen (secondary N) is 2. The Kier molecular flexibility index (Phi) is 5.56. The number of hydrogen-bond donors (Lipinski definition) is 2. The van der Waals surface area contributed by atoms with E-state index in [1.54, 1.807) is 61.1 Å². The number of hydrogen-bond acceptors (Lipinski definition) is 3. The van der Waals surface area contributed by atoms with Crippen molar-refractivity contribution in [3.05, 3.63) is 63.5 Å². The van der Waals surface area contributed by atoms with E-state index in [4.69, 9.17) is 11.6 Å². The lowest BCUT2D eigenvalue weighted by atomic mass is 10.0. The highest BCUT2D eigenvalue weighted by atomic mass is 35.5. The Morgan fingerprint density at radius 1 is 1.04 bits per heavy atom. The third kappa shape index (κ3) is 4.09. The Hall–Kier alpha value is -3.06. The first-order valence-electron chi connectivity index (χ1n) is 8.74. The zero-order valence-corrected chi connectivity index (χ0v) is 16.6. The summed E-state index contributed by atoms with van der Waals surface area (Å²) in [6, 6.07) is 11.8. The van der Waals surface area contributed by atoms with Gasteiger partial charge in [0.2, 0.25) is 11.8 Å². The number of aryl methyl sites for hydroxylation is 2. The van der Waals surface area contributed by atoms with Gasteiger partial charge in [-0.1, -0.05) is 23.7 Å². The molecule has 2 aromatic carbocycles. The third-order valence-corrected chi connectivity index (χ3v) is 4.85. The number of benzene rings is 2. The quantitative estimate of drug-likeness (QED) is 0.690. The molecule has 8 heteroatoms. The highest BCUT2D eigenvalue weighted by Gasteiger charge is 2.18. The molecule has 0 aliphatic heterocycles. The van der Waals surface area contributed by atoms with E-state index >= 15 is 0 Å². The fourth-order valence-electron chi connectivity index (χ4n) is 3.17. The van der Waals surface area contributed by atoms with Crippen LogP contribution in [0.2, 0.25) is 5.02 Å². The molecular formula is C20H21ClN4O3. The topological polar surface area (TPSA) is 85.1 Å². The van der Waals surface area contributed by atoms with Gasteiger partial charge >= 0.3 is 5.69 Å². The number of imidazole rings is 1. The summed E-state index contributed by atoms with van der Waals surface area (Å²) in [6.07, 6.45) is 0.0625. The van der Waals surface area contributed by atoms with E-state index < -0.39 is 6.04 Å². The average Bonchev–Trinajstić information content (AvgIpc) is 2.85. The highest BCUT2D eigenvalue weighted by Crippen LogP contribution is 2.22. The number of rotatable bonds is 5. The van der Waals surface area contributed by atoms with Crippen molar-refractivity contribution in [1.82, 2.24) is 14.5 Å². The number of anilines is 1. The average molecular weight is 401 g/mol. The minimum absolute atomic E-state index is 0.0625. The Morgan fingerprint density at radius 3 is 2.32 bits per heavy atom. The van der Waals surface area contributed by atoms with Crippen LogP contribution in [0.5, 0.6) is 0 Å². The zero-order valence-electron chi connectivity index (χ0n) is 15.8. The minimum Gasteiger partial charge on any atom is -0.349 e. The van der Waals surface area contributed by atoms with E-state index in [0.717, 1.165) is 16.6 Å². The molecule has 0 radical (unpaired) electrons. The van der Waals surface area contributed by atoms with Crippen molar-refractivity contribution in [3.63, 3.8) is 0 Å². The molecule has 1 atom stereocenters. The largest absolute Gasteiger partial charge is 0.349 e. The maximum atomic E-state index is 12.6. The van der Waals surface area contributed by atoms with Gasteiger partial charge in [-0.3, -0.25) is 18.7 Å². The number of carbonyl (C=O) groups is 2. The van der Waals surface area contributed by atoms with E-state index in [1.165, 1.54) is 11.5 Å². The Labute approximate surface area is 166 Å². The van der Waals surface area contributed by atoms with Crippen LogP contribution in [0.4, 0.5) is 5.69 Å². The monoisotopic (exact) mass is 400 g/mol. The summed E-state index contributed by atoms with van der Waals surface area (Å²) in [5.41, 5.74) is 2.74. The number of nitrogens with zero attached hydrogens (tertiary/aromatic N) is 2. The summed E-state index contributed by atoms with van der Waals surface area (Å²) in [7, 11) is 3.39. The number of aromatic nitrogens is 2. The van der Waals surface area contributed by atoms with Crippen molar-refractivity contribution in [2.45, 2.75) is 19.4 Å². The van der Waals surface area contributed by atoms with Crippen LogP contribution in [0.25, 0.3) is 11.0 Å². The minimum atomic E-state index is -0.473. The number of carbonyl (C=O) groups excluding carboxylic acids is 2. The Balaban J connectivity index is 1.80. The van der Waals surface area contributed by atoms with Crippen molar-refractivity contribution in [1.29, 1.82) is 0 Å². The molecule has 0 fully saturated rings. The van der Waals surface area contributed by atoms with E-state index in [0.29, 0.717) is 10.7 Å². The van der Waals surface area contributed by atoms with E-state index in [1.807, 2.05) is 0 Å². The molecule has 0 aliphatic carbocycles. The van der Waals surface area contributed by atoms with Gasteiger partial charge in [0.25, 0.3) is 0 Å². The Bertz CT molecular complexity index is 1100. The van der Waals surface area contributed by atoms with Crippen LogP contribution in [0, 0.1) is 0 Å². The number of fused-ring (bicyclic) bond motifs is 1. The second kappa shape index (κ2) is 7.90. The maximum absolute atomic E-state index is 12.6. The van der Waals surface area contributed by atoms with Crippen LogP contribution in [0.3, 0.4) is 0 Å². The van der Waals surface area contributed by atoms with Gasteiger partial charge in [-0.2, -0.15) is 0 Å². The molecule has 146 valence electrons. The standard InChI is InChI=1S/C20H21ClN4O3/c1-12(26)22-16(13-4-6-14(21)7-5-13)11-19(27)23-15-8-9-17-18(10-15)25(3)20(28)24(17)2/h4-10,16H,11H2,1-3H3,(H,22,26)(H,23,27). The van der Waals surface area contributed by atoms with Gasteiger partial charge in [0.05, 0.1) is 23.5 Å². The fraction of sp³-hybridized carbons (Fsp3) is 0.250. The lowest BCUT2D eigenvalue weighted by Crippen LogP contribution is -2.29. The van der Waals surface area contributed by atoms with E-state index in [9.17, 15) is 14.4 Å². The molecule has 3 rings (SSSR count). The molecule has 0 aliphatic rings. The molecule has 3 aromatic rings. The van der Waals surface area contributed by atoms with Gasteiger partial charge in [0, 0.05) is 31.7 Å². The lowest BCUT2D eigenvalue weighted by molar-refractivity contribution is -0.120. The number of amides is 2.